The maximum Gasteiger partial charge on any atom is 0.271 e. The molecule has 0 aromatic carbocycles. The van der Waals surface area contributed by atoms with E-state index in [1.807, 2.05) is 13.0 Å². The van der Waals surface area contributed by atoms with E-state index < -0.39 is 5.60 Å². The molecule has 2 heterocycles. The SMILES string of the molecule is CNC(=O)c1ccc(N2CCC[C@@H]2[C@H]2CCCC[C@]2(C)O)nn1. The Hall–Kier alpha value is -1.69. The van der Waals surface area contributed by atoms with Crippen LogP contribution in [0.4, 0.5) is 5.82 Å². The van der Waals surface area contributed by atoms with Crippen molar-refractivity contribution in [3.63, 3.8) is 0 Å². The molecule has 0 bridgehead atoms. The molecule has 2 fully saturated rings. The molecule has 2 N–H and O–H groups in total. The highest BCUT2D eigenvalue weighted by molar-refractivity contribution is 5.91. The van der Waals surface area contributed by atoms with Crippen LogP contribution in [0.15, 0.2) is 12.1 Å². The Morgan fingerprint density at radius 3 is 2.78 bits per heavy atom. The Labute approximate surface area is 137 Å². The number of amides is 1. The lowest BCUT2D eigenvalue weighted by Crippen LogP contribution is -2.49. The Morgan fingerprint density at radius 1 is 1.30 bits per heavy atom. The predicted molar refractivity (Wildman–Crippen MR) is 88.4 cm³/mol. The van der Waals surface area contributed by atoms with Gasteiger partial charge in [0, 0.05) is 25.6 Å². The van der Waals surface area contributed by atoms with Crippen molar-refractivity contribution in [2.75, 3.05) is 18.5 Å². The molecule has 1 saturated carbocycles. The van der Waals surface area contributed by atoms with Gasteiger partial charge in [-0.05, 0) is 44.7 Å². The van der Waals surface area contributed by atoms with E-state index in [1.54, 1.807) is 13.1 Å². The molecule has 1 saturated heterocycles. The molecule has 1 aromatic rings. The van der Waals surface area contributed by atoms with Gasteiger partial charge in [-0.15, -0.1) is 10.2 Å². The summed E-state index contributed by atoms with van der Waals surface area (Å²) in [6.45, 7) is 2.92. The summed E-state index contributed by atoms with van der Waals surface area (Å²) in [5.41, 5.74) is -0.266. The zero-order valence-corrected chi connectivity index (χ0v) is 14.0. The summed E-state index contributed by atoms with van der Waals surface area (Å²) in [7, 11) is 1.58. The van der Waals surface area contributed by atoms with Crippen LogP contribution in [-0.2, 0) is 0 Å². The van der Waals surface area contributed by atoms with Gasteiger partial charge in [-0.2, -0.15) is 0 Å². The molecule has 1 aliphatic carbocycles. The van der Waals surface area contributed by atoms with E-state index in [1.165, 1.54) is 6.42 Å². The minimum Gasteiger partial charge on any atom is -0.390 e. The van der Waals surface area contributed by atoms with Crippen LogP contribution < -0.4 is 10.2 Å². The number of aliphatic hydroxyl groups is 1. The second-order valence-corrected chi connectivity index (χ2v) is 6.97. The number of hydrogen-bond acceptors (Lipinski definition) is 5. The van der Waals surface area contributed by atoms with Crippen molar-refractivity contribution < 1.29 is 9.90 Å². The summed E-state index contributed by atoms with van der Waals surface area (Å²) in [4.78, 5) is 13.9. The lowest BCUT2D eigenvalue weighted by molar-refractivity contribution is -0.0411. The van der Waals surface area contributed by atoms with Gasteiger partial charge in [-0.1, -0.05) is 12.8 Å². The zero-order chi connectivity index (χ0) is 16.4. The number of hydrogen-bond donors (Lipinski definition) is 2. The zero-order valence-electron chi connectivity index (χ0n) is 14.0. The highest BCUT2D eigenvalue weighted by Gasteiger charge is 2.43. The molecule has 0 radical (unpaired) electrons. The van der Waals surface area contributed by atoms with E-state index in [9.17, 15) is 9.90 Å². The molecule has 2 aliphatic rings. The summed E-state index contributed by atoms with van der Waals surface area (Å²) < 4.78 is 0. The smallest absolute Gasteiger partial charge is 0.271 e. The topological polar surface area (TPSA) is 78.4 Å². The van der Waals surface area contributed by atoms with E-state index in [0.717, 1.165) is 44.5 Å². The van der Waals surface area contributed by atoms with E-state index in [-0.39, 0.29) is 11.8 Å². The molecule has 1 aromatic heterocycles. The Morgan fingerprint density at radius 2 is 2.13 bits per heavy atom. The summed E-state index contributed by atoms with van der Waals surface area (Å²) in [6.07, 6.45) is 6.43. The standard InChI is InChI=1S/C17H26N4O2/c1-17(23)10-4-3-6-12(17)14-7-5-11-21(14)15-9-8-13(19-20-15)16(22)18-2/h8-9,12,14,23H,3-7,10-11H2,1-2H3,(H,18,22)/t12-,14-,17+/m1/s1. The number of carbonyl (C=O) groups excluding carboxylic acids is 1. The second-order valence-electron chi connectivity index (χ2n) is 6.97. The third-order valence-corrected chi connectivity index (χ3v) is 5.41. The maximum atomic E-state index is 11.6. The van der Waals surface area contributed by atoms with Crippen molar-refractivity contribution in [3.05, 3.63) is 17.8 Å². The van der Waals surface area contributed by atoms with Crippen molar-refractivity contribution in [3.8, 4) is 0 Å². The van der Waals surface area contributed by atoms with Crippen molar-refractivity contribution in [1.29, 1.82) is 0 Å². The first-order valence-electron chi connectivity index (χ1n) is 8.58. The minimum absolute atomic E-state index is 0.225. The molecule has 3 rings (SSSR count). The number of rotatable bonds is 3. The van der Waals surface area contributed by atoms with Gasteiger partial charge in [0.1, 0.15) is 0 Å². The van der Waals surface area contributed by atoms with Gasteiger partial charge in [0.25, 0.3) is 5.91 Å². The third kappa shape index (κ3) is 3.17. The van der Waals surface area contributed by atoms with Crippen molar-refractivity contribution >= 4 is 11.7 Å². The van der Waals surface area contributed by atoms with E-state index in [2.05, 4.69) is 20.4 Å². The predicted octanol–water partition coefficient (Wildman–Crippen LogP) is 1.75. The van der Waals surface area contributed by atoms with Crippen molar-refractivity contribution in [1.82, 2.24) is 15.5 Å². The fourth-order valence-electron chi connectivity index (χ4n) is 4.17. The lowest BCUT2D eigenvalue weighted by atomic mass is 9.72. The van der Waals surface area contributed by atoms with Crippen LogP contribution in [0, 0.1) is 5.92 Å². The van der Waals surface area contributed by atoms with Crippen LogP contribution in [-0.4, -0.2) is 46.4 Å². The fraction of sp³-hybridized carbons (Fsp3) is 0.706. The molecular formula is C17H26N4O2. The van der Waals surface area contributed by atoms with Gasteiger partial charge in [0.2, 0.25) is 0 Å². The average molecular weight is 318 g/mol. The summed E-state index contributed by atoms with van der Waals surface area (Å²) >= 11 is 0. The highest BCUT2D eigenvalue weighted by atomic mass is 16.3. The fourth-order valence-corrected chi connectivity index (χ4v) is 4.17. The van der Waals surface area contributed by atoms with Crippen LogP contribution in [0.2, 0.25) is 0 Å². The Bertz CT molecular complexity index is 558. The van der Waals surface area contributed by atoms with Crippen LogP contribution in [0.25, 0.3) is 0 Å². The number of aromatic nitrogens is 2. The van der Waals surface area contributed by atoms with Crippen LogP contribution >= 0.6 is 0 Å². The Balaban J connectivity index is 1.80. The molecule has 3 atom stereocenters. The summed E-state index contributed by atoms with van der Waals surface area (Å²) in [6, 6.07) is 3.90. The van der Waals surface area contributed by atoms with Crippen LogP contribution in [0.5, 0.6) is 0 Å². The van der Waals surface area contributed by atoms with E-state index >= 15 is 0 Å². The van der Waals surface area contributed by atoms with Gasteiger partial charge in [0.15, 0.2) is 11.5 Å². The van der Waals surface area contributed by atoms with E-state index in [4.69, 9.17) is 0 Å². The van der Waals surface area contributed by atoms with Gasteiger partial charge >= 0.3 is 0 Å². The lowest BCUT2D eigenvalue weighted by Gasteiger charge is -2.43. The number of nitrogens with one attached hydrogen (secondary N) is 1. The number of carbonyl (C=O) groups is 1. The molecule has 0 spiro atoms. The molecule has 126 valence electrons. The minimum atomic E-state index is -0.596. The van der Waals surface area contributed by atoms with Crippen LogP contribution in [0.1, 0.15) is 55.9 Å². The molecular weight excluding hydrogens is 292 g/mol. The number of anilines is 1. The first kappa shape index (κ1) is 16.2. The molecule has 1 amide bonds. The molecule has 6 heteroatoms. The Kier molecular flexibility index (Phi) is 4.53. The average Bonchev–Trinajstić information content (AvgIpc) is 3.03. The molecule has 23 heavy (non-hydrogen) atoms. The normalized spacial score (nSPS) is 31.2. The van der Waals surface area contributed by atoms with Crippen LogP contribution in [0.3, 0.4) is 0 Å². The van der Waals surface area contributed by atoms with Gasteiger partial charge in [0.05, 0.1) is 5.60 Å². The third-order valence-electron chi connectivity index (χ3n) is 5.41. The first-order valence-corrected chi connectivity index (χ1v) is 8.58. The second kappa shape index (κ2) is 6.43. The molecule has 1 aliphatic heterocycles. The van der Waals surface area contributed by atoms with Gasteiger partial charge in [-0.3, -0.25) is 4.79 Å². The first-order chi connectivity index (χ1) is 11.0. The number of nitrogens with zero attached hydrogens (tertiary/aromatic N) is 3. The monoisotopic (exact) mass is 318 g/mol. The quantitative estimate of drug-likeness (QED) is 0.887. The van der Waals surface area contributed by atoms with Crippen molar-refractivity contribution in [2.45, 2.75) is 57.1 Å². The largest absolute Gasteiger partial charge is 0.390 e. The molecule has 6 nitrogen and oxygen atoms in total. The summed E-state index contributed by atoms with van der Waals surface area (Å²) in [5.74, 6) is 0.859. The summed E-state index contributed by atoms with van der Waals surface area (Å²) in [5, 5.41) is 21.6. The van der Waals surface area contributed by atoms with Gasteiger partial charge in [-0.25, -0.2) is 0 Å². The molecule has 0 unspecified atom stereocenters. The van der Waals surface area contributed by atoms with Crippen molar-refractivity contribution in [2.24, 2.45) is 5.92 Å². The highest BCUT2D eigenvalue weighted by Crippen LogP contribution is 2.41. The van der Waals surface area contributed by atoms with Gasteiger partial charge < -0.3 is 15.3 Å². The van der Waals surface area contributed by atoms with E-state index in [0.29, 0.717) is 11.7 Å². The maximum absolute atomic E-state index is 11.6.